The van der Waals surface area contributed by atoms with Crippen molar-refractivity contribution in [2.75, 3.05) is 12.4 Å². The number of hydrogen-bond acceptors (Lipinski definition) is 5. The zero-order valence-electron chi connectivity index (χ0n) is 21.3. The second kappa shape index (κ2) is 10.0. The highest BCUT2D eigenvalue weighted by atomic mass is 35.5. The average Bonchev–Trinajstić information content (AvgIpc) is 3.13. The van der Waals surface area contributed by atoms with Gasteiger partial charge in [0.05, 0.1) is 21.6 Å². The van der Waals surface area contributed by atoms with Crippen LogP contribution in [-0.2, 0) is 0 Å². The van der Waals surface area contributed by atoms with Gasteiger partial charge >= 0.3 is 12.5 Å². The fourth-order valence-electron chi connectivity index (χ4n) is 5.37. The zero-order chi connectivity index (χ0) is 28.0. The van der Waals surface area contributed by atoms with Crippen molar-refractivity contribution in [1.82, 2.24) is 14.5 Å². The lowest BCUT2D eigenvalue weighted by Gasteiger charge is -2.40. The molecule has 1 fully saturated rings. The summed E-state index contributed by atoms with van der Waals surface area (Å²) in [6, 6.07) is 8.37. The van der Waals surface area contributed by atoms with Crippen LogP contribution in [0.3, 0.4) is 0 Å². The molecule has 8 nitrogen and oxygen atoms in total. The molecule has 1 aromatic heterocycles. The van der Waals surface area contributed by atoms with Gasteiger partial charge in [-0.2, -0.15) is 0 Å². The number of hydrogen-bond donors (Lipinski definition) is 2. The Labute approximate surface area is 222 Å². The first-order valence-corrected chi connectivity index (χ1v) is 12.4. The summed E-state index contributed by atoms with van der Waals surface area (Å²) in [7, 11) is 1.13. The third kappa shape index (κ3) is 5.98. The molecule has 3 aromatic rings. The Morgan fingerprint density at radius 3 is 2.45 bits per heavy atom. The lowest BCUT2D eigenvalue weighted by atomic mass is 9.70. The van der Waals surface area contributed by atoms with Crippen LogP contribution < -0.4 is 10.1 Å². The Bertz CT molecular complexity index is 1370. The highest BCUT2D eigenvalue weighted by Gasteiger charge is 2.35. The van der Waals surface area contributed by atoms with E-state index in [9.17, 15) is 27.9 Å². The number of halogens is 4. The molecule has 0 bridgehead atoms. The molecule has 1 aliphatic carbocycles. The van der Waals surface area contributed by atoms with Gasteiger partial charge < -0.3 is 19.7 Å². The number of fused-ring (bicyclic) bond motifs is 1. The van der Waals surface area contributed by atoms with Gasteiger partial charge in [-0.3, -0.25) is 4.79 Å². The molecule has 12 heteroatoms. The largest absolute Gasteiger partial charge is 0.573 e. The van der Waals surface area contributed by atoms with Crippen LogP contribution in [0.15, 0.2) is 36.4 Å². The van der Waals surface area contributed by atoms with Crippen LogP contribution >= 0.6 is 11.6 Å². The Morgan fingerprint density at radius 1 is 1.21 bits per heavy atom. The van der Waals surface area contributed by atoms with Gasteiger partial charge in [-0.25, -0.2) is 14.7 Å². The number of anilines is 2. The number of benzene rings is 2. The van der Waals surface area contributed by atoms with Gasteiger partial charge in [0.1, 0.15) is 5.75 Å². The van der Waals surface area contributed by atoms with Crippen molar-refractivity contribution in [1.29, 1.82) is 0 Å². The highest BCUT2D eigenvalue weighted by molar-refractivity contribution is 6.35. The van der Waals surface area contributed by atoms with E-state index in [0.717, 1.165) is 26.3 Å². The van der Waals surface area contributed by atoms with E-state index in [2.05, 4.69) is 35.8 Å². The van der Waals surface area contributed by atoms with Crippen molar-refractivity contribution >= 4 is 46.3 Å². The Balaban J connectivity index is 1.79. The minimum Gasteiger partial charge on any atom is -0.465 e. The summed E-state index contributed by atoms with van der Waals surface area (Å²) in [5.41, 5.74) is 1.60. The molecule has 1 aliphatic rings. The summed E-state index contributed by atoms with van der Waals surface area (Å²) in [4.78, 5) is 29.3. The summed E-state index contributed by atoms with van der Waals surface area (Å²) < 4.78 is 43.6. The number of imidazole rings is 1. The maximum Gasteiger partial charge on any atom is 0.573 e. The molecule has 1 heterocycles. The van der Waals surface area contributed by atoms with Gasteiger partial charge in [0.15, 0.2) is 0 Å². The van der Waals surface area contributed by atoms with Crippen molar-refractivity contribution in [3.63, 3.8) is 0 Å². The maximum atomic E-state index is 12.7. The van der Waals surface area contributed by atoms with Crippen LogP contribution in [0.2, 0.25) is 5.02 Å². The van der Waals surface area contributed by atoms with Crippen LogP contribution in [0.1, 0.15) is 56.4 Å². The lowest BCUT2D eigenvalue weighted by Crippen LogP contribution is -2.31. The molecule has 204 valence electrons. The van der Waals surface area contributed by atoms with E-state index in [1.54, 1.807) is 6.07 Å². The van der Waals surface area contributed by atoms with E-state index in [4.69, 9.17) is 11.6 Å². The maximum absolute atomic E-state index is 12.7. The molecular formula is C26H28ClF3N4O4. The zero-order valence-corrected chi connectivity index (χ0v) is 22.0. The minimum absolute atomic E-state index is 0.00809. The number of imide groups is 1. The normalized spacial score (nSPS) is 19.3. The van der Waals surface area contributed by atoms with Gasteiger partial charge in [-0.15, -0.1) is 13.2 Å². The SMILES string of the molecule is C[C@H]1C[C@@H](n2c(Nc3ccc(OC(F)(F)F)cc3)nc3cc(C(=O)N(C)C(=O)O)c(Cl)cc32)CC(C)(C)C1. The lowest BCUT2D eigenvalue weighted by molar-refractivity contribution is -0.274. The van der Waals surface area contributed by atoms with Crippen molar-refractivity contribution in [2.45, 2.75) is 52.4 Å². The van der Waals surface area contributed by atoms with Crippen molar-refractivity contribution in [2.24, 2.45) is 11.3 Å². The Hall–Kier alpha value is -3.47. The van der Waals surface area contributed by atoms with Crippen molar-refractivity contribution < 1.29 is 32.6 Å². The number of carbonyl (C=O) groups excluding carboxylic acids is 1. The van der Waals surface area contributed by atoms with E-state index in [1.807, 2.05) is 4.57 Å². The number of ether oxygens (including phenoxy) is 1. The van der Waals surface area contributed by atoms with E-state index >= 15 is 0 Å². The fourth-order valence-corrected chi connectivity index (χ4v) is 5.61. The number of aromatic nitrogens is 2. The summed E-state index contributed by atoms with van der Waals surface area (Å²) in [6.45, 7) is 6.59. The van der Waals surface area contributed by atoms with E-state index in [0.29, 0.717) is 33.5 Å². The molecule has 2 N–H and O–H groups in total. The number of rotatable bonds is 5. The number of amides is 2. The molecule has 38 heavy (non-hydrogen) atoms. The molecule has 2 amide bonds. The molecule has 0 saturated heterocycles. The van der Waals surface area contributed by atoms with E-state index in [-0.39, 0.29) is 27.8 Å². The number of nitrogens with zero attached hydrogens (tertiary/aromatic N) is 3. The monoisotopic (exact) mass is 552 g/mol. The number of nitrogens with one attached hydrogen (secondary N) is 1. The highest BCUT2D eigenvalue weighted by Crippen LogP contribution is 2.46. The first kappa shape index (κ1) is 27.6. The van der Waals surface area contributed by atoms with Crippen LogP contribution in [0.25, 0.3) is 11.0 Å². The third-order valence-corrected chi connectivity index (χ3v) is 6.99. The summed E-state index contributed by atoms with van der Waals surface area (Å²) >= 11 is 6.47. The molecule has 0 unspecified atom stereocenters. The van der Waals surface area contributed by atoms with Crippen molar-refractivity contribution in [3.8, 4) is 5.75 Å². The standard InChI is InChI=1S/C26H28ClF3N4O4/c1-14-9-16(13-25(2,3)12-14)34-21-11-19(27)18(22(35)33(4)24(36)37)10-20(21)32-23(34)31-15-5-7-17(8-6-15)38-26(28,29)30/h5-8,10-11,14,16H,9,12-13H2,1-4H3,(H,31,32)(H,36,37)/t14-,16+/m0/s1. The first-order valence-electron chi connectivity index (χ1n) is 12.0. The third-order valence-electron chi connectivity index (χ3n) is 6.67. The average molecular weight is 553 g/mol. The molecule has 2 atom stereocenters. The van der Waals surface area contributed by atoms with Crippen LogP contribution in [-0.4, -0.2) is 45.0 Å². The van der Waals surface area contributed by atoms with E-state index in [1.165, 1.54) is 30.3 Å². The molecule has 2 aromatic carbocycles. The quantitative estimate of drug-likeness (QED) is 0.341. The van der Waals surface area contributed by atoms with Gasteiger partial charge in [-0.05, 0) is 67.0 Å². The summed E-state index contributed by atoms with van der Waals surface area (Å²) in [5.74, 6) is -0.293. The number of carbonyl (C=O) groups is 2. The summed E-state index contributed by atoms with van der Waals surface area (Å²) in [5, 5.41) is 12.5. The summed E-state index contributed by atoms with van der Waals surface area (Å²) in [6.07, 6.45) is -3.45. The minimum atomic E-state index is -4.80. The predicted molar refractivity (Wildman–Crippen MR) is 137 cm³/mol. The van der Waals surface area contributed by atoms with Crippen molar-refractivity contribution in [3.05, 3.63) is 47.0 Å². The Morgan fingerprint density at radius 2 is 1.87 bits per heavy atom. The predicted octanol–water partition coefficient (Wildman–Crippen LogP) is 7.47. The van der Waals surface area contributed by atoms with Gasteiger partial charge in [0.25, 0.3) is 5.91 Å². The number of carboxylic acid groups (broad SMARTS) is 1. The van der Waals surface area contributed by atoms with Crippen LogP contribution in [0, 0.1) is 11.3 Å². The molecule has 1 saturated carbocycles. The van der Waals surface area contributed by atoms with Gasteiger partial charge in [0.2, 0.25) is 5.95 Å². The van der Waals surface area contributed by atoms with Gasteiger partial charge in [0, 0.05) is 18.8 Å². The smallest absolute Gasteiger partial charge is 0.465 e. The Kier molecular flexibility index (Phi) is 7.26. The van der Waals surface area contributed by atoms with Crippen LogP contribution in [0.4, 0.5) is 29.6 Å². The van der Waals surface area contributed by atoms with E-state index < -0.39 is 18.4 Å². The van der Waals surface area contributed by atoms with Crippen LogP contribution in [0.5, 0.6) is 5.75 Å². The molecule has 0 radical (unpaired) electrons. The topological polar surface area (TPSA) is 96.7 Å². The first-order chi connectivity index (χ1) is 17.6. The molecular weight excluding hydrogens is 525 g/mol. The fraction of sp³-hybridized carbons (Fsp3) is 0.423. The number of alkyl halides is 3. The second-order valence-electron chi connectivity index (χ2n) is 10.5. The molecule has 4 rings (SSSR count). The van der Waals surface area contributed by atoms with Gasteiger partial charge in [-0.1, -0.05) is 32.4 Å². The molecule has 0 spiro atoms. The molecule has 0 aliphatic heterocycles. The second-order valence-corrected chi connectivity index (χ2v) is 10.9.